The zero-order chi connectivity index (χ0) is 8.89. The van der Waals surface area contributed by atoms with Crippen molar-refractivity contribution < 1.29 is 4.42 Å². The fourth-order valence-electron chi connectivity index (χ4n) is 1.43. The van der Waals surface area contributed by atoms with Crippen LogP contribution in [0.15, 0.2) is 28.7 Å². The van der Waals surface area contributed by atoms with E-state index in [9.17, 15) is 0 Å². The molecule has 2 aromatic rings. The van der Waals surface area contributed by atoms with Crippen LogP contribution in [0.5, 0.6) is 0 Å². The van der Waals surface area contributed by atoms with Crippen molar-refractivity contribution in [3.05, 3.63) is 30.2 Å². The summed E-state index contributed by atoms with van der Waals surface area (Å²) in [6, 6.07) is 7.74. The smallest absolute Gasteiger partial charge is 0.215 e. The molecule has 2 N–H and O–H groups in total. The Morgan fingerprint density at radius 3 is 2.47 bits per heavy atom. The summed E-state index contributed by atoms with van der Waals surface area (Å²) in [5.74, 6) is 0.689. The molecule has 1 fully saturated rings. The van der Waals surface area contributed by atoms with Crippen LogP contribution in [0.2, 0.25) is 0 Å². The summed E-state index contributed by atoms with van der Waals surface area (Å²) in [5.41, 5.74) is 7.44. The molecule has 82 valence electrons. The average molecular weight is 247 g/mol. The average Bonchev–Trinajstić information content (AvgIpc) is 2.76. The van der Waals surface area contributed by atoms with Gasteiger partial charge in [-0.3, -0.25) is 0 Å². The molecule has 0 spiro atoms. The molecule has 0 atom stereocenters. The molecule has 0 bridgehead atoms. The maximum atomic E-state index is 5.98. The number of benzene rings is 1. The summed E-state index contributed by atoms with van der Waals surface area (Å²) in [5, 5.41) is 0. The van der Waals surface area contributed by atoms with Crippen molar-refractivity contribution in [2.45, 2.75) is 18.4 Å². The molecule has 1 aromatic heterocycles. The maximum Gasteiger partial charge on any atom is 0.215 e. The molecule has 15 heavy (non-hydrogen) atoms. The van der Waals surface area contributed by atoms with Gasteiger partial charge in [0.15, 0.2) is 5.58 Å². The van der Waals surface area contributed by atoms with E-state index in [1.807, 2.05) is 24.3 Å². The second kappa shape index (κ2) is 4.00. The summed E-state index contributed by atoms with van der Waals surface area (Å²) >= 11 is 0. The molecule has 0 radical (unpaired) electrons. The lowest BCUT2D eigenvalue weighted by atomic mass is 10.3. The summed E-state index contributed by atoms with van der Waals surface area (Å²) in [6.07, 6.45) is 1.97. The molecular weight excluding hydrogens is 235 g/mol. The maximum absolute atomic E-state index is 5.98. The quantitative estimate of drug-likeness (QED) is 0.842. The van der Waals surface area contributed by atoms with Crippen molar-refractivity contribution >= 4 is 35.9 Å². The molecule has 0 saturated heterocycles. The van der Waals surface area contributed by atoms with Gasteiger partial charge >= 0.3 is 0 Å². The molecule has 1 saturated carbocycles. The van der Waals surface area contributed by atoms with E-state index >= 15 is 0 Å². The van der Waals surface area contributed by atoms with Gasteiger partial charge in [0.25, 0.3) is 0 Å². The first-order chi connectivity index (χ1) is 6.28. The van der Waals surface area contributed by atoms with E-state index in [0.29, 0.717) is 5.89 Å². The monoisotopic (exact) mass is 246 g/mol. The Morgan fingerprint density at radius 1 is 1.20 bits per heavy atom. The van der Waals surface area contributed by atoms with Crippen LogP contribution >= 0.6 is 24.8 Å². The minimum absolute atomic E-state index is 0. The minimum Gasteiger partial charge on any atom is -0.439 e. The summed E-state index contributed by atoms with van der Waals surface area (Å²) in [6.45, 7) is 0. The third kappa shape index (κ3) is 1.95. The summed E-state index contributed by atoms with van der Waals surface area (Å²) in [7, 11) is 0. The third-order valence-corrected chi connectivity index (χ3v) is 2.51. The molecule has 1 aromatic carbocycles. The molecule has 3 nitrogen and oxygen atoms in total. The van der Waals surface area contributed by atoms with Crippen LogP contribution in [0.1, 0.15) is 18.7 Å². The fourth-order valence-corrected chi connectivity index (χ4v) is 1.43. The third-order valence-electron chi connectivity index (χ3n) is 2.51. The van der Waals surface area contributed by atoms with E-state index in [0.717, 1.165) is 23.9 Å². The van der Waals surface area contributed by atoms with E-state index in [-0.39, 0.29) is 30.4 Å². The SMILES string of the molecule is Cl.Cl.NC1(c2nc3ccccc3o2)CC1. The molecule has 3 rings (SSSR count). The van der Waals surface area contributed by atoms with Gasteiger partial charge in [-0.1, -0.05) is 12.1 Å². The normalized spacial score (nSPS) is 16.6. The van der Waals surface area contributed by atoms with Gasteiger partial charge in [0.2, 0.25) is 5.89 Å². The number of hydrogen-bond donors (Lipinski definition) is 1. The topological polar surface area (TPSA) is 52.0 Å². The molecule has 1 aliphatic rings. The van der Waals surface area contributed by atoms with Crippen LogP contribution in [0, 0.1) is 0 Å². The van der Waals surface area contributed by atoms with Gasteiger partial charge in [0.1, 0.15) is 5.52 Å². The highest BCUT2D eigenvalue weighted by Gasteiger charge is 2.44. The van der Waals surface area contributed by atoms with Crippen molar-refractivity contribution in [3.63, 3.8) is 0 Å². The van der Waals surface area contributed by atoms with Crippen molar-refractivity contribution in [3.8, 4) is 0 Å². The summed E-state index contributed by atoms with van der Waals surface area (Å²) in [4.78, 5) is 4.35. The van der Waals surface area contributed by atoms with Gasteiger partial charge in [0.05, 0.1) is 5.54 Å². The van der Waals surface area contributed by atoms with E-state index in [1.54, 1.807) is 0 Å². The van der Waals surface area contributed by atoms with Gasteiger partial charge in [-0.25, -0.2) is 4.98 Å². The number of halogens is 2. The van der Waals surface area contributed by atoms with Gasteiger partial charge in [-0.15, -0.1) is 24.8 Å². The Kier molecular flexibility index (Phi) is 3.28. The van der Waals surface area contributed by atoms with Crippen molar-refractivity contribution in [2.24, 2.45) is 5.73 Å². The summed E-state index contributed by atoms with van der Waals surface area (Å²) < 4.78 is 5.56. The Labute approximate surface area is 99.9 Å². The lowest BCUT2D eigenvalue weighted by molar-refractivity contribution is 0.465. The van der Waals surface area contributed by atoms with Gasteiger partial charge < -0.3 is 10.2 Å². The van der Waals surface area contributed by atoms with Gasteiger partial charge in [0, 0.05) is 0 Å². The lowest BCUT2D eigenvalue weighted by Gasteiger charge is -1.99. The van der Waals surface area contributed by atoms with Crippen LogP contribution in [-0.4, -0.2) is 4.98 Å². The Bertz CT molecular complexity index is 432. The van der Waals surface area contributed by atoms with Crippen LogP contribution in [0.4, 0.5) is 0 Å². The molecule has 0 aliphatic heterocycles. The predicted molar refractivity (Wildman–Crippen MR) is 63.6 cm³/mol. The highest BCUT2D eigenvalue weighted by molar-refractivity contribution is 5.85. The van der Waals surface area contributed by atoms with Gasteiger partial charge in [-0.05, 0) is 25.0 Å². The highest BCUT2D eigenvalue weighted by atomic mass is 35.5. The minimum atomic E-state index is -0.265. The molecule has 5 heteroatoms. The molecule has 0 amide bonds. The number of oxazole rings is 1. The number of nitrogens with zero attached hydrogens (tertiary/aromatic N) is 1. The molecular formula is C10H12Cl2N2O. The van der Waals surface area contributed by atoms with E-state index in [2.05, 4.69) is 4.98 Å². The fraction of sp³-hybridized carbons (Fsp3) is 0.300. The Balaban J connectivity index is 0.000000562. The highest BCUT2D eigenvalue weighted by Crippen LogP contribution is 2.42. The lowest BCUT2D eigenvalue weighted by Crippen LogP contribution is -2.18. The second-order valence-corrected chi connectivity index (χ2v) is 3.64. The van der Waals surface area contributed by atoms with Crippen molar-refractivity contribution in [2.75, 3.05) is 0 Å². The molecule has 0 unspecified atom stereocenters. The number of fused-ring (bicyclic) bond motifs is 1. The first-order valence-corrected chi connectivity index (χ1v) is 4.43. The largest absolute Gasteiger partial charge is 0.439 e. The number of hydrogen-bond acceptors (Lipinski definition) is 3. The van der Waals surface area contributed by atoms with Crippen LogP contribution in [0.25, 0.3) is 11.1 Å². The number of rotatable bonds is 1. The first-order valence-electron chi connectivity index (χ1n) is 4.43. The number of nitrogens with two attached hydrogens (primary N) is 1. The zero-order valence-corrected chi connectivity index (χ0v) is 9.61. The molecule has 1 heterocycles. The van der Waals surface area contributed by atoms with Crippen LogP contribution in [-0.2, 0) is 5.54 Å². The van der Waals surface area contributed by atoms with Crippen molar-refractivity contribution in [1.82, 2.24) is 4.98 Å². The van der Waals surface area contributed by atoms with Crippen LogP contribution < -0.4 is 5.73 Å². The standard InChI is InChI=1S/C10H10N2O.2ClH/c11-10(5-6-10)9-12-7-3-1-2-4-8(7)13-9;;/h1-4H,5-6,11H2;2*1H. The van der Waals surface area contributed by atoms with Crippen molar-refractivity contribution in [1.29, 1.82) is 0 Å². The first kappa shape index (κ1) is 12.3. The number of para-hydroxylation sites is 2. The van der Waals surface area contributed by atoms with E-state index < -0.39 is 0 Å². The Hall–Kier alpha value is -0.770. The zero-order valence-electron chi connectivity index (χ0n) is 7.97. The van der Waals surface area contributed by atoms with E-state index in [4.69, 9.17) is 10.2 Å². The second-order valence-electron chi connectivity index (χ2n) is 3.64. The van der Waals surface area contributed by atoms with Crippen LogP contribution in [0.3, 0.4) is 0 Å². The predicted octanol–water partition coefficient (Wildman–Crippen LogP) is 2.62. The Morgan fingerprint density at radius 2 is 1.87 bits per heavy atom. The van der Waals surface area contributed by atoms with E-state index in [1.165, 1.54) is 0 Å². The number of aromatic nitrogens is 1. The van der Waals surface area contributed by atoms with Gasteiger partial charge in [-0.2, -0.15) is 0 Å². The molecule has 1 aliphatic carbocycles.